The highest BCUT2D eigenvalue weighted by Gasteiger charge is 2.37. The average molecular weight is 356 g/mol. The molecule has 0 bridgehead atoms. The number of anilines is 1. The number of hydrogen-bond acceptors (Lipinski definition) is 1. The van der Waals surface area contributed by atoms with Gasteiger partial charge in [0.1, 0.15) is 0 Å². The molecule has 0 aliphatic heterocycles. The molecule has 24 heavy (non-hydrogen) atoms. The third kappa shape index (κ3) is 5.61. The number of carbonyl (C=O) groups is 1. The first-order chi connectivity index (χ1) is 11.0. The van der Waals surface area contributed by atoms with Crippen molar-refractivity contribution in [3.8, 4) is 0 Å². The lowest BCUT2D eigenvalue weighted by molar-refractivity contribution is -0.143. The zero-order valence-corrected chi connectivity index (χ0v) is 13.2. The molecule has 0 heterocycles. The summed E-state index contributed by atoms with van der Waals surface area (Å²) in [5.41, 5.74) is -3.48. The average Bonchev–Trinajstić information content (AvgIpc) is 2.44. The van der Waals surface area contributed by atoms with E-state index in [2.05, 4.69) is 5.32 Å². The quantitative estimate of drug-likeness (QED) is 0.706. The Kier molecular flexibility index (Phi) is 6.50. The van der Waals surface area contributed by atoms with Crippen LogP contribution in [0.5, 0.6) is 0 Å². The van der Waals surface area contributed by atoms with Crippen LogP contribution in [-0.2, 0) is 12.4 Å². The number of nitrogens with one attached hydrogen (secondary N) is 1. The largest absolute Gasteiger partial charge is 0.416 e. The summed E-state index contributed by atoms with van der Waals surface area (Å²) in [5.74, 6) is 0. The monoisotopic (exact) mass is 356 g/mol. The number of urea groups is 1. The van der Waals surface area contributed by atoms with Gasteiger partial charge in [-0.25, -0.2) is 4.79 Å². The van der Waals surface area contributed by atoms with Crippen molar-refractivity contribution in [1.82, 2.24) is 4.90 Å². The van der Waals surface area contributed by atoms with Crippen molar-refractivity contribution < 1.29 is 31.1 Å². The minimum atomic E-state index is -4.95. The number of carbonyl (C=O) groups excluding carboxylic acids is 1. The van der Waals surface area contributed by atoms with Crippen LogP contribution in [0.3, 0.4) is 0 Å². The van der Waals surface area contributed by atoms with Crippen LogP contribution in [0.1, 0.15) is 37.8 Å². The first-order valence-electron chi connectivity index (χ1n) is 7.34. The minimum absolute atomic E-state index is 0.0194. The Morgan fingerprint density at radius 1 is 0.917 bits per heavy atom. The Bertz CT molecular complexity index is 530. The van der Waals surface area contributed by atoms with Crippen LogP contribution in [0, 0.1) is 0 Å². The lowest BCUT2D eigenvalue weighted by atomic mass is 10.1. The van der Waals surface area contributed by atoms with Crippen molar-refractivity contribution in [3.05, 3.63) is 29.3 Å². The molecule has 1 aromatic rings. The van der Waals surface area contributed by atoms with Crippen LogP contribution < -0.4 is 5.32 Å². The second-order valence-electron chi connectivity index (χ2n) is 5.21. The molecule has 1 N–H and O–H groups in total. The molecule has 2 amide bonds. The minimum Gasteiger partial charge on any atom is -0.325 e. The highest BCUT2D eigenvalue weighted by atomic mass is 19.4. The van der Waals surface area contributed by atoms with Crippen molar-refractivity contribution in [1.29, 1.82) is 0 Å². The molecule has 0 spiro atoms. The van der Waals surface area contributed by atoms with Crippen molar-refractivity contribution in [3.63, 3.8) is 0 Å². The molecule has 0 radical (unpaired) electrons. The van der Waals surface area contributed by atoms with Crippen LogP contribution >= 0.6 is 0 Å². The van der Waals surface area contributed by atoms with E-state index in [4.69, 9.17) is 0 Å². The summed E-state index contributed by atoms with van der Waals surface area (Å²) in [6.07, 6.45) is -8.67. The fourth-order valence-electron chi connectivity index (χ4n) is 2.08. The second-order valence-corrected chi connectivity index (χ2v) is 5.21. The second kappa shape index (κ2) is 7.76. The first kappa shape index (κ1) is 20.1. The molecule has 136 valence electrons. The molecular weight excluding hydrogens is 338 g/mol. The highest BCUT2D eigenvalue weighted by molar-refractivity contribution is 5.89. The third-order valence-electron chi connectivity index (χ3n) is 3.11. The van der Waals surface area contributed by atoms with Gasteiger partial charge in [0.15, 0.2) is 0 Å². The van der Waals surface area contributed by atoms with Crippen molar-refractivity contribution in [2.24, 2.45) is 0 Å². The molecular formula is C15H18F6N2O. The number of nitrogens with zero attached hydrogens (tertiary/aromatic N) is 1. The van der Waals surface area contributed by atoms with E-state index in [1.807, 2.05) is 13.8 Å². The van der Waals surface area contributed by atoms with E-state index in [0.29, 0.717) is 38.1 Å². The molecule has 0 fully saturated rings. The molecule has 0 saturated heterocycles. The summed E-state index contributed by atoms with van der Waals surface area (Å²) in [5, 5.41) is 2.12. The topological polar surface area (TPSA) is 32.3 Å². The van der Waals surface area contributed by atoms with Gasteiger partial charge in [0, 0.05) is 18.8 Å². The van der Waals surface area contributed by atoms with Gasteiger partial charge >= 0.3 is 18.4 Å². The van der Waals surface area contributed by atoms with E-state index < -0.39 is 35.2 Å². The molecule has 0 atom stereocenters. The van der Waals surface area contributed by atoms with Gasteiger partial charge in [-0.1, -0.05) is 13.8 Å². The molecule has 0 saturated carbocycles. The van der Waals surface area contributed by atoms with Gasteiger partial charge in [-0.05, 0) is 31.0 Å². The first-order valence-corrected chi connectivity index (χ1v) is 7.34. The lowest BCUT2D eigenvalue weighted by Gasteiger charge is -2.22. The van der Waals surface area contributed by atoms with Crippen molar-refractivity contribution in [2.75, 3.05) is 18.4 Å². The lowest BCUT2D eigenvalue weighted by Crippen LogP contribution is -2.36. The molecule has 1 rings (SSSR count). The van der Waals surface area contributed by atoms with E-state index in [9.17, 15) is 31.1 Å². The predicted octanol–water partition coefficient (Wildman–Crippen LogP) is 5.38. The number of amides is 2. The third-order valence-corrected chi connectivity index (χ3v) is 3.11. The summed E-state index contributed by atoms with van der Waals surface area (Å²) in [7, 11) is 0. The molecule has 9 heteroatoms. The van der Waals surface area contributed by atoms with E-state index in [1.54, 1.807) is 0 Å². The van der Waals surface area contributed by atoms with E-state index in [-0.39, 0.29) is 6.07 Å². The number of hydrogen-bond donors (Lipinski definition) is 1. The maximum Gasteiger partial charge on any atom is 0.416 e. The number of benzene rings is 1. The summed E-state index contributed by atoms with van der Waals surface area (Å²) in [6.45, 7) is 4.32. The van der Waals surface area contributed by atoms with E-state index in [1.165, 1.54) is 4.90 Å². The molecule has 3 nitrogen and oxygen atoms in total. The number of alkyl halides is 6. The van der Waals surface area contributed by atoms with Gasteiger partial charge in [-0.3, -0.25) is 0 Å². The van der Waals surface area contributed by atoms with E-state index in [0.717, 1.165) is 0 Å². The van der Waals surface area contributed by atoms with Crippen LogP contribution in [0.4, 0.5) is 36.8 Å². The van der Waals surface area contributed by atoms with Crippen LogP contribution in [0.25, 0.3) is 0 Å². The zero-order chi connectivity index (χ0) is 18.5. The summed E-state index contributed by atoms with van der Waals surface area (Å²) < 4.78 is 76.7. The van der Waals surface area contributed by atoms with Gasteiger partial charge in [0.05, 0.1) is 11.1 Å². The van der Waals surface area contributed by atoms with Gasteiger partial charge in [0.25, 0.3) is 0 Å². The van der Waals surface area contributed by atoms with Crippen LogP contribution in [-0.4, -0.2) is 24.0 Å². The van der Waals surface area contributed by atoms with Gasteiger partial charge in [-0.15, -0.1) is 0 Å². The maximum atomic E-state index is 12.8. The highest BCUT2D eigenvalue weighted by Crippen LogP contribution is 2.37. The van der Waals surface area contributed by atoms with Gasteiger partial charge in [0.2, 0.25) is 0 Å². The number of halogens is 6. The van der Waals surface area contributed by atoms with Gasteiger partial charge < -0.3 is 10.2 Å². The van der Waals surface area contributed by atoms with Crippen molar-refractivity contribution >= 4 is 11.7 Å². The Morgan fingerprint density at radius 2 is 1.33 bits per heavy atom. The molecule has 0 aromatic heterocycles. The fraction of sp³-hybridized carbons (Fsp3) is 0.533. The van der Waals surface area contributed by atoms with Crippen LogP contribution in [0.2, 0.25) is 0 Å². The van der Waals surface area contributed by atoms with Crippen molar-refractivity contribution in [2.45, 2.75) is 39.0 Å². The molecule has 1 aromatic carbocycles. The molecule has 0 aliphatic rings. The SMILES string of the molecule is CCCN(CCC)C(=O)Nc1cc(C(F)(F)F)cc(C(F)(F)F)c1. The molecule has 0 unspecified atom stereocenters. The Hall–Kier alpha value is -1.93. The summed E-state index contributed by atoms with van der Waals surface area (Å²) >= 11 is 0. The van der Waals surface area contributed by atoms with Gasteiger partial charge in [-0.2, -0.15) is 26.3 Å². The maximum absolute atomic E-state index is 12.8. The standard InChI is InChI=1S/C15H18F6N2O/c1-3-5-23(6-4-2)13(24)22-12-8-10(14(16,17)18)7-11(9-12)15(19,20)21/h7-9H,3-6H2,1-2H3,(H,22,24). The Labute approximate surface area is 135 Å². The number of rotatable bonds is 5. The fourth-order valence-corrected chi connectivity index (χ4v) is 2.08. The van der Waals surface area contributed by atoms with E-state index >= 15 is 0 Å². The summed E-state index contributed by atoms with van der Waals surface area (Å²) in [4.78, 5) is 13.4. The summed E-state index contributed by atoms with van der Waals surface area (Å²) in [6, 6.07) is 0.268. The Balaban J connectivity index is 3.16. The normalized spacial score (nSPS) is 12.2. The van der Waals surface area contributed by atoms with Crippen LogP contribution in [0.15, 0.2) is 18.2 Å². The molecule has 0 aliphatic carbocycles. The Morgan fingerprint density at radius 3 is 1.67 bits per heavy atom. The zero-order valence-electron chi connectivity index (χ0n) is 13.2. The smallest absolute Gasteiger partial charge is 0.325 e. The predicted molar refractivity (Wildman–Crippen MR) is 77.6 cm³/mol.